The lowest BCUT2D eigenvalue weighted by atomic mass is 9.49. The first-order valence-corrected chi connectivity index (χ1v) is 8.83. The lowest BCUT2D eigenvalue weighted by molar-refractivity contribution is -0.0103. The Morgan fingerprint density at radius 1 is 1.09 bits per heavy atom. The molecule has 4 aliphatic carbocycles. The molecule has 1 N–H and O–H groups in total. The predicted octanol–water partition coefficient (Wildman–Crippen LogP) is 3.11. The monoisotopic (exact) mass is 323 g/mol. The number of hydrogen-bond donors (Lipinski definition) is 1. The van der Waals surface area contributed by atoms with E-state index in [0.717, 1.165) is 49.0 Å². The van der Waals surface area contributed by atoms with Crippen molar-refractivity contribution in [2.24, 2.45) is 23.7 Å². The van der Waals surface area contributed by atoms with Crippen LogP contribution in [0.4, 0.5) is 0 Å². The van der Waals surface area contributed by atoms with Crippen LogP contribution < -0.4 is 5.32 Å². The Bertz CT molecular complexity index is 502. The number of nitrogens with one attached hydrogen (secondary N) is 1. The van der Waals surface area contributed by atoms with Crippen LogP contribution in [0.15, 0.2) is 4.52 Å². The Morgan fingerprint density at radius 3 is 2.36 bits per heavy atom. The molecule has 0 spiro atoms. The smallest absolute Gasteiger partial charge is 0.226 e. The van der Waals surface area contributed by atoms with Gasteiger partial charge in [-0.3, -0.25) is 0 Å². The molecule has 1 aromatic rings. The van der Waals surface area contributed by atoms with E-state index >= 15 is 0 Å². The van der Waals surface area contributed by atoms with Crippen molar-refractivity contribution in [3.05, 3.63) is 11.7 Å². The van der Waals surface area contributed by atoms with Crippen molar-refractivity contribution in [2.75, 3.05) is 13.1 Å². The van der Waals surface area contributed by atoms with E-state index < -0.39 is 0 Å². The Labute approximate surface area is 138 Å². The maximum absolute atomic E-state index is 5.63. The average molecular weight is 324 g/mol. The fraction of sp³-hybridized carbons (Fsp3) is 0.882. The van der Waals surface area contributed by atoms with Crippen molar-refractivity contribution >= 4 is 12.4 Å². The van der Waals surface area contributed by atoms with E-state index in [0.29, 0.717) is 5.92 Å². The molecule has 4 saturated carbocycles. The molecule has 1 aliphatic heterocycles. The number of halogens is 1. The second kappa shape index (κ2) is 5.48. The fourth-order valence-electron chi connectivity index (χ4n) is 6.07. The van der Waals surface area contributed by atoms with Crippen LogP contribution in [0.5, 0.6) is 0 Å². The van der Waals surface area contributed by atoms with Crippen LogP contribution in [0.25, 0.3) is 0 Å². The normalized spacial score (nSPS) is 42.5. The standard InChI is InChI=1S/C17H25N3O.ClH/c1-2-18-10-11(1)6-15-19-16(20-21-15)17-7-12-3-13(8-17)5-14(4-12)9-17;/h11-14,18H,1-10H2;1H. The van der Waals surface area contributed by atoms with Gasteiger partial charge in [0.25, 0.3) is 0 Å². The van der Waals surface area contributed by atoms with Gasteiger partial charge in [-0.1, -0.05) is 5.16 Å². The first-order chi connectivity index (χ1) is 10.3. The lowest BCUT2D eigenvalue weighted by Crippen LogP contribution is -2.49. The van der Waals surface area contributed by atoms with Gasteiger partial charge >= 0.3 is 0 Å². The summed E-state index contributed by atoms with van der Waals surface area (Å²) >= 11 is 0. The molecular formula is C17H26ClN3O. The topological polar surface area (TPSA) is 51.0 Å². The summed E-state index contributed by atoms with van der Waals surface area (Å²) in [5.41, 5.74) is 0.282. The quantitative estimate of drug-likeness (QED) is 0.928. The highest BCUT2D eigenvalue weighted by Crippen LogP contribution is 2.60. The van der Waals surface area contributed by atoms with Crippen molar-refractivity contribution in [2.45, 2.75) is 56.8 Å². The van der Waals surface area contributed by atoms with Gasteiger partial charge in [0, 0.05) is 11.8 Å². The first kappa shape index (κ1) is 14.9. The molecule has 5 fully saturated rings. The summed E-state index contributed by atoms with van der Waals surface area (Å²) in [5.74, 6) is 5.46. The van der Waals surface area contributed by atoms with Gasteiger partial charge in [-0.25, -0.2) is 0 Å². The molecule has 122 valence electrons. The third-order valence-electron chi connectivity index (χ3n) is 6.61. The molecule has 1 unspecified atom stereocenters. The number of aromatic nitrogens is 2. The summed E-state index contributed by atoms with van der Waals surface area (Å²) in [4.78, 5) is 4.86. The van der Waals surface area contributed by atoms with Crippen molar-refractivity contribution in [3.63, 3.8) is 0 Å². The molecule has 0 amide bonds. The summed E-state index contributed by atoms with van der Waals surface area (Å²) in [6.45, 7) is 2.25. The summed E-state index contributed by atoms with van der Waals surface area (Å²) in [6.07, 6.45) is 10.6. The molecule has 1 aromatic heterocycles. The van der Waals surface area contributed by atoms with Crippen LogP contribution in [0.1, 0.15) is 56.7 Å². The Hall–Kier alpha value is -0.610. The van der Waals surface area contributed by atoms with Crippen molar-refractivity contribution in [3.8, 4) is 0 Å². The molecule has 0 radical (unpaired) electrons. The molecule has 1 atom stereocenters. The van der Waals surface area contributed by atoms with E-state index in [1.165, 1.54) is 44.9 Å². The second-order valence-corrected chi connectivity index (χ2v) is 8.27. The molecular weight excluding hydrogens is 298 g/mol. The van der Waals surface area contributed by atoms with Gasteiger partial charge in [0.1, 0.15) is 0 Å². The van der Waals surface area contributed by atoms with Gasteiger partial charge in [0.05, 0.1) is 0 Å². The third kappa shape index (κ3) is 2.39. The maximum atomic E-state index is 5.63. The van der Waals surface area contributed by atoms with Crippen LogP contribution in [0, 0.1) is 23.7 Å². The van der Waals surface area contributed by atoms with E-state index in [1.54, 1.807) is 0 Å². The zero-order valence-corrected chi connectivity index (χ0v) is 13.9. The van der Waals surface area contributed by atoms with Gasteiger partial charge in [0.15, 0.2) is 5.82 Å². The SMILES string of the molecule is C1CC(Cc2nc(C34CC5CC(CC(C5)C3)C4)no2)CN1.Cl. The minimum absolute atomic E-state index is 0. The Balaban J connectivity index is 0.00000125. The van der Waals surface area contributed by atoms with Crippen LogP contribution in [0.2, 0.25) is 0 Å². The van der Waals surface area contributed by atoms with Crippen LogP contribution in [-0.2, 0) is 11.8 Å². The van der Waals surface area contributed by atoms with Crippen LogP contribution in [-0.4, -0.2) is 23.2 Å². The zero-order valence-electron chi connectivity index (χ0n) is 13.1. The first-order valence-electron chi connectivity index (χ1n) is 8.83. The molecule has 4 bridgehead atoms. The second-order valence-electron chi connectivity index (χ2n) is 8.27. The molecule has 5 aliphatic rings. The number of rotatable bonds is 3. The molecule has 22 heavy (non-hydrogen) atoms. The largest absolute Gasteiger partial charge is 0.339 e. The van der Waals surface area contributed by atoms with Gasteiger partial charge in [-0.15, -0.1) is 12.4 Å². The van der Waals surface area contributed by atoms with Gasteiger partial charge in [0.2, 0.25) is 5.89 Å². The number of nitrogens with zero attached hydrogens (tertiary/aromatic N) is 2. The predicted molar refractivity (Wildman–Crippen MR) is 86.1 cm³/mol. The molecule has 2 heterocycles. The van der Waals surface area contributed by atoms with Gasteiger partial charge in [-0.05, 0) is 81.7 Å². The van der Waals surface area contributed by atoms with E-state index in [1.807, 2.05) is 0 Å². The summed E-state index contributed by atoms with van der Waals surface area (Å²) in [5, 5.41) is 7.86. The summed E-state index contributed by atoms with van der Waals surface area (Å²) in [7, 11) is 0. The van der Waals surface area contributed by atoms with Crippen LogP contribution in [0.3, 0.4) is 0 Å². The number of hydrogen-bond acceptors (Lipinski definition) is 4. The highest BCUT2D eigenvalue weighted by molar-refractivity contribution is 5.85. The fourth-order valence-corrected chi connectivity index (χ4v) is 6.07. The molecule has 1 saturated heterocycles. The van der Waals surface area contributed by atoms with Crippen LogP contribution >= 0.6 is 12.4 Å². The Morgan fingerprint density at radius 2 is 1.77 bits per heavy atom. The van der Waals surface area contributed by atoms with E-state index in [2.05, 4.69) is 10.5 Å². The maximum Gasteiger partial charge on any atom is 0.226 e. The van der Waals surface area contributed by atoms with E-state index in [9.17, 15) is 0 Å². The minimum atomic E-state index is 0. The Kier molecular flexibility index (Phi) is 3.73. The highest BCUT2D eigenvalue weighted by atomic mass is 35.5. The molecule has 5 heteroatoms. The van der Waals surface area contributed by atoms with E-state index in [4.69, 9.17) is 9.51 Å². The third-order valence-corrected chi connectivity index (χ3v) is 6.61. The molecule has 0 aromatic carbocycles. The van der Waals surface area contributed by atoms with Crippen molar-refractivity contribution in [1.29, 1.82) is 0 Å². The zero-order chi connectivity index (χ0) is 13.9. The van der Waals surface area contributed by atoms with E-state index in [-0.39, 0.29) is 17.8 Å². The van der Waals surface area contributed by atoms with Crippen molar-refractivity contribution in [1.82, 2.24) is 15.5 Å². The average Bonchev–Trinajstić information content (AvgIpc) is 3.09. The molecule has 6 rings (SSSR count). The van der Waals surface area contributed by atoms with Crippen molar-refractivity contribution < 1.29 is 4.52 Å². The van der Waals surface area contributed by atoms with Gasteiger partial charge in [-0.2, -0.15) is 4.98 Å². The van der Waals surface area contributed by atoms with Gasteiger partial charge < -0.3 is 9.84 Å². The lowest BCUT2D eigenvalue weighted by Gasteiger charge is -2.55. The summed E-state index contributed by atoms with van der Waals surface area (Å²) < 4.78 is 5.63. The molecule has 4 nitrogen and oxygen atoms in total. The summed E-state index contributed by atoms with van der Waals surface area (Å²) in [6, 6.07) is 0. The minimum Gasteiger partial charge on any atom is -0.339 e. The highest BCUT2D eigenvalue weighted by Gasteiger charge is 2.53.